The highest BCUT2D eigenvalue weighted by atomic mass is 19.1. The average molecular weight is 297 g/mol. The van der Waals surface area contributed by atoms with Crippen LogP contribution in [-0.4, -0.2) is 43.5 Å². The van der Waals surface area contributed by atoms with Crippen molar-refractivity contribution in [3.8, 4) is 0 Å². The minimum Gasteiger partial charge on any atom is -0.465 e. The molecule has 0 spiro atoms. The topological polar surface area (TPSA) is 84.7 Å². The van der Waals surface area contributed by atoms with Crippen molar-refractivity contribution >= 4 is 23.3 Å². The lowest BCUT2D eigenvalue weighted by molar-refractivity contribution is -0.130. The molecule has 0 saturated heterocycles. The van der Waals surface area contributed by atoms with Gasteiger partial charge in [0.15, 0.2) is 0 Å². The van der Waals surface area contributed by atoms with Crippen molar-refractivity contribution in [3.05, 3.63) is 23.5 Å². The number of anilines is 2. The smallest absolute Gasteiger partial charge is 0.340 e. The minimum absolute atomic E-state index is 0.0189. The molecule has 0 radical (unpaired) electrons. The maximum Gasteiger partial charge on any atom is 0.340 e. The summed E-state index contributed by atoms with van der Waals surface area (Å²) in [5.41, 5.74) is 5.63. The number of likely N-dealkylation sites (N-methyl/N-ethyl adjacent to an activating group) is 1. The Balaban J connectivity index is 3.03. The predicted octanol–water partition coefficient (Wildman–Crippen LogP) is 1.47. The van der Waals surface area contributed by atoms with Crippen LogP contribution in [0.4, 0.5) is 15.8 Å². The first-order valence-electron chi connectivity index (χ1n) is 6.50. The first-order chi connectivity index (χ1) is 9.81. The number of nitrogen functional groups attached to an aromatic ring is 1. The van der Waals surface area contributed by atoms with E-state index in [1.165, 1.54) is 18.1 Å². The number of ether oxygens (including phenoxy) is 1. The van der Waals surface area contributed by atoms with Gasteiger partial charge in [-0.3, -0.25) is 4.79 Å². The second-order valence-corrected chi connectivity index (χ2v) is 4.63. The molecular weight excluding hydrogens is 277 g/mol. The van der Waals surface area contributed by atoms with E-state index in [0.29, 0.717) is 6.54 Å². The van der Waals surface area contributed by atoms with E-state index in [1.54, 1.807) is 14.0 Å². The molecule has 3 N–H and O–H groups in total. The van der Waals surface area contributed by atoms with Crippen molar-refractivity contribution in [3.63, 3.8) is 0 Å². The van der Waals surface area contributed by atoms with Gasteiger partial charge in [0.2, 0.25) is 5.91 Å². The van der Waals surface area contributed by atoms with Gasteiger partial charge in [-0.15, -0.1) is 0 Å². The quantitative estimate of drug-likeness (QED) is 0.635. The zero-order chi connectivity index (χ0) is 16.2. The van der Waals surface area contributed by atoms with Gasteiger partial charge >= 0.3 is 5.97 Å². The molecule has 0 fully saturated rings. The maximum absolute atomic E-state index is 13.9. The predicted molar refractivity (Wildman–Crippen MR) is 78.5 cm³/mol. The van der Waals surface area contributed by atoms with Crippen molar-refractivity contribution in [2.45, 2.75) is 19.9 Å². The SMILES string of the molecule is CCN(C)C(=O)C(C)Nc1cc(C(=O)OC)c(N)cc1F. The Morgan fingerprint density at radius 3 is 2.62 bits per heavy atom. The van der Waals surface area contributed by atoms with Crippen LogP contribution in [-0.2, 0) is 9.53 Å². The van der Waals surface area contributed by atoms with E-state index < -0.39 is 17.8 Å². The van der Waals surface area contributed by atoms with Crippen LogP contribution in [0.1, 0.15) is 24.2 Å². The van der Waals surface area contributed by atoms with Crippen molar-refractivity contribution < 1.29 is 18.7 Å². The molecule has 0 saturated carbocycles. The molecule has 0 bridgehead atoms. The molecule has 1 rings (SSSR count). The minimum atomic E-state index is -0.666. The Hall–Kier alpha value is -2.31. The number of hydrogen-bond donors (Lipinski definition) is 2. The molecule has 0 aromatic heterocycles. The van der Waals surface area contributed by atoms with E-state index >= 15 is 0 Å². The number of nitrogens with two attached hydrogens (primary N) is 1. The summed E-state index contributed by atoms with van der Waals surface area (Å²) in [4.78, 5) is 25.0. The number of carbonyl (C=O) groups excluding carboxylic acids is 2. The number of esters is 1. The number of nitrogens with one attached hydrogen (secondary N) is 1. The fraction of sp³-hybridized carbons (Fsp3) is 0.429. The third-order valence-corrected chi connectivity index (χ3v) is 3.14. The van der Waals surface area contributed by atoms with Gasteiger partial charge in [-0.2, -0.15) is 0 Å². The van der Waals surface area contributed by atoms with E-state index in [0.717, 1.165) is 6.07 Å². The second kappa shape index (κ2) is 6.92. The van der Waals surface area contributed by atoms with Crippen LogP contribution >= 0.6 is 0 Å². The van der Waals surface area contributed by atoms with E-state index in [2.05, 4.69) is 10.1 Å². The van der Waals surface area contributed by atoms with Crippen LogP contribution in [0.5, 0.6) is 0 Å². The molecule has 1 atom stereocenters. The molecule has 21 heavy (non-hydrogen) atoms. The number of hydrogen-bond acceptors (Lipinski definition) is 5. The summed E-state index contributed by atoms with van der Waals surface area (Å²) >= 11 is 0. The van der Waals surface area contributed by atoms with Crippen molar-refractivity contribution in [2.75, 3.05) is 31.8 Å². The lowest BCUT2D eigenvalue weighted by Crippen LogP contribution is -2.39. The summed E-state index contributed by atoms with van der Waals surface area (Å²) in [5, 5.41) is 2.74. The van der Waals surface area contributed by atoms with Gasteiger partial charge in [-0.25, -0.2) is 9.18 Å². The fourth-order valence-electron chi connectivity index (χ4n) is 1.77. The van der Waals surface area contributed by atoms with Gasteiger partial charge in [0.25, 0.3) is 0 Å². The van der Waals surface area contributed by atoms with Crippen LogP contribution in [0.2, 0.25) is 0 Å². The van der Waals surface area contributed by atoms with Crippen LogP contribution < -0.4 is 11.1 Å². The third kappa shape index (κ3) is 3.84. The van der Waals surface area contributed by atoms with Crippen molar-refractivity contribution in [1.29, 1.82) is 0 Å². The first-order valence-corrected chi connectivity index (χ1v) is 6.50. The zero-order valence-electron chi connectivity index (χ0n) is 12.6. The number of amides is 1. The highest BCUT2D eigenvalue weighted by Crippen LogP contribution is 2.23. The molecule has 0 aliphatic rings. The fourth-order valence-corrected chi connectivity index (χ4v) is 1.77. The molecule has 116 valence electrons. The largest absolute Gasteiger partial charge is 0.465 e. The molecule has 1 unspecified atom stereocenters. The van der Waals surface area contributed by atoms with E-state index in [1.807, 2.05) is 6.92 Å². The maximum atomic E-state index is 13.9. The van der Waals surface area contributed by atoms with Gasteiger partial charge in [-0.1, -0.05) is 0 Å². The first kappa shape index (κ1) is 16.7. The molecular formula is C14H20FN3O3. The lowest BCUT2D eigenvalue weighted by atomic mass is 10.1. The van der Waals surface area contributed by atoms with Crippen LogP contribution in [0, 0.1) is 5.82 Å². The van der Waals surface area contributed by atoms with Gasteiger partial charge in [0, 0.05) is 19.3 Å². The number of carbonyl (C=O) groups is 2. The highest BCUT2D eigenvalue weighted by molar-refractivity contribution is 5.96. The Morgan fingerprint density at radius 2 is 2.10 bits per heavy atom. The van der Waals surface area contributed by atoms with Crippen LogP contribution in [0.15, 0.2) is 12.1 Å². The number of nitrogens with zero attached hydrogens (tertiary/aromatic N) is 1. The molecule has 1 aromatic carbocycles. The normalized spacial score (nSPS) is 11.7. The van der Waals surface area contributed by atoms with Gasteiger partial charge in [0.1, 0.15) is 11.9 Å². The van der Waals surface area contributed by atoms with Crippen LogP contribution in [0.25, 0.3) is 0 Å². The molecule has 7 heteroatoms. The Morgan fingerprint density at radius 1 is 1.48 bits per heavy atom. The summed E-state index contributed by atoms with van der Waals surface area (Å²) in [6.07, 6.45) is 0. The van der Waals surface area contributed by atoms with Crippen molar-refractivity contribution in [1.82, 2.24) is 4.90 Å². The number of halogens is 1. The molecule has 1 aromatic rings. The average Bonchev–Trinajstić information content (AvgIpc) is 2.47. The summed E-state index contributed by atoms with van der Waals surface area (Å²) in [5.74, 6) is -1.49. The van der Waals surface area contributed by atoms with Gasteiger partial charge < -0.3 is 20.7 Å². The van der Waals surface area contributed by atoms with Gasteiger partial charge in [-0.05, 0) is 26.0 Å². The highest BCUT2D eigenvalue weighted by Gasteiger charge is 2.20. The molecule has 0 aliphatic carbocycles. The number of rotatable bonds is 5. The van der Waals surface area contributed by atoms with E-state index in [9.17, 15) is 14.0 Å². The third-order valence-electron chi connectivity index (χ3n) is 3.14. The standard InChI is InChI=1S/C14H20FN3O3/c1-5-18(3)13(19)8(2)17-12-6-9(14(20)21-4)11(16)7-10(12)15/h6-8,17H,5,16H2,1-4H3. The molecule has 1 amide bonds. The van der Waals surface area contributed by atoms with E-state index in [4.69, 9.17) is 5.73 Å². The lowest BCUT2D eigenvalue weighted by Gasteiger charge is -2.22. The monoisotopic (exact) mass is 297 g/mol. The summed E-state index contributed by atoms with van der Waals surface area (Å²) < 4.78 is 18.5. The molecule has 6 nitrogen and oxygen atoms in total. The molecule has 0 aliphatic heterocycles. The summed E-state index contributed by atoms with van der Waals surface area (Å²) in [7, 11) is 2.86. The number of methoxy groups -OCH3 is 1. The zero-order valence-corrected chi connectivity index (χ0v) is 12.6. The molecule has 0 heterocycles. The summed E-state index contributed by atoms with van der Waals surface area (Å²) in [6, 6.07) is 1.63. The van der Waals surface area contributed by atoms with Gasteiger partial charge in [0.05, 0.1) is 18.4 Å². The van der Waals surface area contributed by atoms with Crippen LogP contribution in [0.3, 0.4) is 0 Å². The van der Waals surface area contributed by atoms with Crippen molar-refractivity contribution in [2.24, 2.45) is 0 Å². The Bertz CT molecular complexity index is 549. The number of benzene rings is 1. The van der Waals surface area contributed by atoms with E-state index in [-0.39, 0.29) is 22.8 Å². The Labute approximate surface area is 123 Å². The Kier molecular flexibility index (Phi) is 5.52. The second-order valence-electron chi connectivity index (χ2n) is 4.63. The summed E-state index contributed by atoms with van der Waals surface area (Å²) in [6.45, 7) is 3.99.